The van der Waals surface area contributed by atoms with E-state index in [0.29, 0.717) is 17.9 Å². The molecule has 1 unspecified atom stereocenters. The maximum absolute atomic E-state index is 3.68. The van der Waals surface area contributed by atoms with E-state index in [-0.39, 0.29) is 0 Å². The van der Waals surface area contributed by atoms with E-state index in [4.69, 9.17) is 0 Å². The van der Waals surface area contributed by atoms with Crippen molar-refractivity contribution in [1.29, 1.82) is 0 Å². The number of rotatable bonds is 8. The van der Waals surface area contributed by atoms with Crippen LogP contribution in [0.15, 0.2) is 18.2 Å². The molecule has 1 nitrogen and oxygen atoms in total. The highest BCUT2D eigenvalue weighted by Crippen LogP contribution is 2.31. The van der Waals surface area contributed by atoms with Gasteiger partial charge >= 0.3 is 0 Å². The molecule has 0 aliphatic carbocycles. The lowest BCUT2D eigenvalue weighted by atomic mass is 9.87. The highest BCUT2D eigenvalue weighted by Gasteiger charge is 2.17. The number of unbranched alkanes of at least 4 members (excludes halogenated alkanes) is 1. The highest BCUT2D eigenvalue weighted by atomic mass is 14.9. The van der Waals surface area contributed by atoms with Crippen molar-refractivity contribution in [2.45, 2.75) is 78.7 Å². The van der Waals surface area contributed by atoms with Gasteiger partial charge in [-0.2, -0.15) is 0 Å². The molecule has 1 rings (SSSR count). The zero-order chi connectivity index (χ0) is 15.1. The molecule has 114 valence electrons. The number of nitrogens with one attached hydrogen (secondary N) is 1. The summed E-state index contributed by atoms with van der Waals surface area (Å²) < 4.78 is 0. The van der Waals surface area contributed by atoms with Gasteiger partial charge in [0.05, 0.1) is 0 Å². The van der Waals surface area contributed by atoms with Gasteiger partial charge < -0.3 is 5.32 Å². The monoisotopic (exact) mass is 275 g/mol. The lowest BCUT2D eigenvalue weighted by molar-refractivity contribution is 0.489. The summed E-state index contributed by atoms with van der Waals surface area (Å²) >= 11 is 0. The average molecular weight is 275 g/mol. The predicted octanol–water partition coefficient (Wildman–Crippen LogP) is 5.77. The summed E-state index contributed by atoms with van der Waals surface area (Å²) in [4.78, 5) is 0. The van der Waals surface area contributed by atoms with Crippen molar-refractivity contribution < 1.29 is 0 Å². The van der Waals surface area contributed by atoms with Crippen LogP contribution in [0.2, 0.25) is 0 Å². The Hall–Kier alpha value is -0.820. The first-order valence-corrected chi connectivity index (χ1v) is 8.38. The molecule has 1 atom stereocenters. The van der Waals surface area contributed by atoms with Crippen molar-refractivity contribution in [2.75, 3.05) is 6.54 Å². The van der Waals surface area contributed by atoms with Gasteiger partial charge in [-0.25, -0.2) is 0 Å². The minimum absolute atomic E-state index is 0.513. The minimum atomic E-state index is 0.513. The van der Waals surface area contributed by atoms with Crippen molar-refractivity contribution >= 4 is 0 Å². The third-order valence-corrected chi connectivity index (χ3v) is 4.07. The van der Waals surface area contributed by atoms with Gasteiger partial charge in [0.15, 0.2) is 0 Å². The molecule has 1 aromatic carbocycles. The standard InChI is InChI=1S/C19H33N/c1-7-9-10-19(20-8-2)17-12-11-16(14(3)4)13-18(17)15(5)6/h11-15,19-20H,7-10H2,1-6H3. The molecule has 0 radical (unpaired) electrons. The summed E-state index contributed by atoms with van der Waals surface area (Å²) in [7, 11) is 0. The van der Waals surface area contributed by atoms with E-state index in [2.05, 4.69) is 65.1 Å². The zero-order valence-corrected chi connectivity index (χ0v) is 14.3. The fourth-order valence-corrected chi connectivity index (χ4v) is 2.79. The van der Waals surface area contributed by atoms with Gasteiger partial charge in [-0.3, -0.25) is 0 Å². The zero-order valence-electron chi connectivity index (χ0n) is 14.3. The van der Waals surface area contributed by atoms with Crippen LogP contribution in [0.25, 0.3) is 0 Å². The summed E-state index contributed by atoms with van der Waals surface area (Å²) in [6, 6.07) is 7.63. The molecule has 0 bridgehead atoms. The van der Waals surface area contributed by atoms with E-state index in [1.807, 2.05) is 0 Å². The van der Waals surface area contributed by atoms with Crippen LogP contribution in [0.1, 0.15) is 95.4 Å². The van der Waals surface area contributed by atoms with Crippen LogP contribution in [0.5, 0.6) is 0 Å². The molecule has 0 saturated heterocycles. The Morgan fingerprint density at radius 2 is 1.65 bits per heavy atom. The smallest absolute Gasteiger partial charge is 0.0322 e. The maximum Gasteiger partial charge on any atom is 0.0322 e. The largest absolute Gasteiger partial charge is 0.310 e. The molecule has 0 amide bonds. The fraction of sp³-hybridized carbons (Fsp3) is 0.684. The normalized spacial score (nSPS) is 13.2. The van der Waals surface area contributed by atoms with Crippen molar-refractivity contribution in [3.63, 3.8) is 0 Å². The predicted molar refractivity (Wildman–Crippen MR) is 90.6 cm³/mol. The molecular formula is C19H33N. The van der Waals surface area contributed by atoms with Gasteiger partial charge in [0.2, 0.25) is 0 Å². The van der Waals surface area contributed by atoms with Crippen molar-refractivity contribution in [2.24, 2.45) is 0 Å². The summed E-state index contributed by atoms with van der Waals surface area (Å²) in [5.74, 6) is 1.20. The molecule has 0 aromatic heterocycles. The van der Waals surface area contributed by atoms with Crippen LogP contribution < -0.4 is 5.32 Å². The van der Waals surface area contributed by atoms with Crippen molar-refractivity contribution in [3.05, 3.63) is 34.9 Å². The van der Waals surface area contributed by atoms with Crippen LogP contribution in [-0.2, 0) is 0 Å². The maximum atomic E-state index is 3.68. The first kappa shape index (κ1) is 17.2. The summed E-state index contributed by atoms with van der Waals surface area (Å²) in [5.41, 5.74) is 4.50. The highest BCUT2D eigenvalue weighted by molar-refractivity contribution is 5.37. The van der Waals surface area contributed by atoms with Crippen molar-refractivity contribution in [3.8, 4) is 0 Å². The molecule has 1 heteroatoms. The summed E-state index contributed by atoms with van der Waals surface area (Å²) in [5, 5.41) is 3.68. The van der Waals surface area contributed by atoms with Crippen LogP contribution in [0.3, 0.4) is 0 Å². The second kappa shape index (κ2) is 8.46. The third kappa shape index (κ3) is 4.63. The lowest BCUT2D eigenvalue weighted by Gasteiger charge is -2.24. The van der Waals surface area contributed by atoms with Gasteiger partial charge in [0, 0.05) is 6.04 Å². The Labute approximate surface area is 126 Å². The summed E-state index contributed by atoms with van der Waals surface area (Å²) in [6.07, 6.45) is 3.80. The number of hydrogen-bond acceptors (Lipinski definition) is 1. The SMILES string of the molecule is CCCCC(NCC)c1ccc(C(C)C)cc1C(C)C. The Morgan fingerprint density at radius 1 is 0.950 bits per heavy atom. The average Bonchev–Trinajstić information content (AvgIpc) is 2.42. The molecule has 0 spiro atoms. The van der Waals surface area contributed by atoms with E-state index in [0.717, 1.165) is 6.54 Å². The van der Waals surface area contributed by atoms with Gasteiger partial charge in [-0.1, -0.05) is 72.6 Å². The van der Waals surface area contributed by atoms with Gasteiger partial charge in [-0.15, -0.1) is 0 Å². The van der Waals surface area contributed by atoms with Gasteiger partial charge in [0.25, 0.3) is 0 Å². The first-order chi connectivity index (χ1) is 9.51. The van der Waals surface area contributed by atoms with E-state index >= 15 is 0 Å². The Balaban J connectivity index is 3.11. The molecule has 0 aliphatic rings. The van der Waals surface area contributed by atoms with Crippen LogP contribution in [-0.4, -0.2) is 6.54 Å². The van der Waals surface area contributed by atoms with E-state index in [1.165, 1.54) is 36.0 Å². The van der Waals surface area contributed by atoms with Crippen LogP contribution >= 0.6 is 0 Å². The third-order valence-electron chi connectivity index (χ3n) is 4.07. The molecule has 20 heavy (non-hydrogen) atoms. The molecule has 0 aliphatic heterocycles. The first-order valence-electron chi connectivity index (χ1n) is 8.38. The second-order valence-electron chi connectivity index (χ2n) is 6.45. The Kier molecular flexibility index (Phi) is 7.29. The number of benzene rings is 1. The van der Waals surface area contributed by atoms with Crippen molar-refractivity contribution in [1.82, 2.24) is 5.32 Å². The molecule has 1 N–H and O–H groups in total. The molecule has 0 fully saturated rings. The van der Waals surface area contributed by atoms with Gasteiger partial charge in [0.1, 0.15) is 0 Å². The lowest BCUT2D eigenvalue weighted by Crippen LogP contribution is -2.22. The second-order valence-corrected chi connectivity index (χ2v) is 6.45. The molecule has 0 heterocycles. The summed E-state index contributed by atoms with van der Waals surface area (Å²) in [6.45, 7) is 14.7. The minimum Gasteiger partial charge on any atom is -0.310 e. The van der Waals surface area contributed by atoms with Crippen LogP contribution in [0, 0.1) is 0 Å². The molecule has 0 saturated carbocycles. The molecule has 1 aromatic rings. The Bertz CT molecular complexity index is 393. The van der Waals surface area contributed by atoms with E-state index < -0.39 is 0 Å². The van der Waals surface area contributed by atoms with Gasteiger partial charge in [-0.05, 0) is 41.5 Å². The Morgan fingerprint density at radius 3 is 2.15 bits per heavy atom. The van der Waals surface area contributed by atoms with Crippen LogP contribution in [0.4, 0.5) is 0 Å². The fourth-order valence-electron chi connectivity index (χ4n) is 2.79. The van der Waals surface area contributed by atoms with E-state index in [9.17, 15) is 0 Å². The van der Waals surface area contributed by atoms with E-state index in [1.54, 1.807) is 0 Å². The molecular weight excluding hydrogens is 242 g/mol. The topological polar surface area (TPSA) is 12.0 Å². The quantitative estimate of drug-likeness (QED) is 0.634. The number of hydrogen-bond donors (Lipinski definition) is 1.